The zero-order chi connectivity index (χ0) is 20.5. The highest BCUT2D eigenvalue weighted by Gasteiger charge is 2.37. The van der Waals surface area contributed by atoms with Gasteiger partial charge in [0.15, 0.2) is 6.40 Å². The van der Waals surface area contributed by atoms with E-state index in [0.717, 1.165) is 16.2 Å². The molecule has 0 fully saturated rings. The number of aliphatic imine (C=N–C) groups is 1. The first-order chi connectivity index (χ1) is 14.0. The Morgan fingerprint density at radius 1 is 1.38 bits per heavy atom. The normalized spacial score (nSPS) is 23.0. The minimum atomic E-state index is -0.502. The van der Waals surface area contributed by atoms with Gasteiger partial charge in [0.2, 0.25) is 5.90 Å². The molecule has 29 heavy (non-hydrogen) atoms. The van der Waals surface area contributed by atoms with Gasteiger partial charge in [0, 0.05) is 23.1 Å². The molecule has 0 radical (unpaired) electrons. The third kappa shape index (κ3) is 3.88. The van der Waals surface area contributed by atoms with Crippen LogP contribution in [0.15, 0.2) is 41.8 Å². The Morgan fingerprint density at radius 3 is 3.00 bits per heavy atom. The second-order valence-corrected chi connectivity index (χ2v) is 8.24. The number of halogens is 2. The quantitative estimate of drug-likeness (QED) is 0.391. The highest BCUT2D eigenvalue weighted by Crippen LogP contribution is 2.45. The Hall–Kier alpha value is -2.78. The molecule has 0 saturated heterocycles. The summed E-state index contributed by atoms with van der Waals surface area (Å²) >= 11 is 8.09. The number of alkyl halides is 1. The van der Waals surface area contributed by atoms with Gasteiger partial charge in [-0.05, 0) is 23.8 Å². The van der Waals surface area contributed by atoms with Gasteiger partial charge in [-0.1, -0.05) is 6.08 Å². The van der Waals surface area contributed by atoms with Gasteiger partial charge < -0.3 is 10.5 Å². The van der Waals surface area contributed by atoms with Crippen LogP contribution in [-0.4, -0.2) is 44.8 Å². The number of aromatic nitrogens is 2. The van der Waals surface area contributed by atoms with Gasteiger partial charge >= 0.3 is 0 Å². The largest absolute Gasteiger partial charge is 0.428 e. The minimum Gasteiger partial charge on any atom is -0.428 e. The Labute approximate surface area is 175 Å². The average molecular weight is 431 g/mol. The number of hydrogen-bond acceptors (Lipinski definition) is 8. The van der Waals surface area contributed by atoms with Crippen molar-refractivity contribution >= 4 is 46.4 Å². The molecule has 10 heteroatoms. The van der Waals surface area contributed by atoms with Gasteiger partial charge in [-0.2, -0.15) is 0 Å². The van der Waals surface area contributed by atoms with Crippen molar-refractivity contribution in [2.45, 2.75) is 23.1 Å². The molecule has 1 aromatic carbocycles. The molecule has 2 aromatic rings. The fourth-order valence-electron chi connectivity index (χ4n) is 3.35. The van der Waals surface area contributed by atoms with Gasteiger partial charge in [0.05, 0.1) is 27.9 Å². The average Bonchev–Trinajstić information content (AvgIpc) is 3.09. The van der Waals surface area contributed by atoms with Crippen molar-refractivity contribution in [3.8, 4) is 0 Å². The van der Waals surface area contributed by atoms with E-state index in [2.05, 4.69) is 15.0 Å². The maximum Gasteiger partial charge on any atom is 0.220 e. The number of thioether (sulfide) groups is 1. The van der Waals surface area contributed by atoms with Crippen molar-refractivity contribution in [2.24, 2.45) is 10.7 Å². The summed E-state index contributed by atoms with van der Waals surface area (Å²) in [5.41, 5.74) is 8.50. The van der Waals surface area contributed by atoms with Gasteiger partial charge in [0.1, 0.15) is 18.0 Å². The maximum absolute atomic E-state index is 14.1. The van der Waals surface area contributed by atoms with Crippen LogP contribution >= 0.6 is 23.4 Å². The Bertz CT molecular complexity index is 1060. The standard InChI is InChI=1S/C19H16ClFN6OS/c20-13-4-16(9-1-10(3-11(21)2-9)19(24)28-7-22)29-17(13)15-5-14-12(18(23)27-15)6-25-8-26-14/h1-4,6-8,13,15,17,22,24H,5H2,(H2,23,27). The van der Waals surface area contributed by atoms with Crippen LogP contribution in [0.5, 0.6) is 0 Å². The number of nitrogens with two attached hydrogens (primary N) is 1. The fourth-order valence-corrected chi connectivity index (χ4v) is 5.17. The molecule has 0 amide bonds. The van der Waals surface area contributed by atoms with E-state index in [1.165, 1.54) is 30.2 Å². The lowest BCUT2D eigenvalue weighted by molar-refractivity contribution is 0.559. The topological polar surface area (TPSA) is 121 Å². The van der Waals surface area contributed by atoms with E-state index < -0.39 is 5.82 Å². The first kappa shape index (κ1) is 19.5. The fraction of sp³-hybridized carbons (Fsp3) is 0.211. The number of allylic oxidation sites excluding steroid dienone is 1. The monoisotopic (exact) mass is 430 g/mol. The number of fused-ring (bicyclic) bond motifs is 1. The summed E-state index contributed by atoms with van der Waals surface area (Å²) in [7, 11) is 0. The molecule has 148 valence electrons. The highest BCUT2D eigenvalue weighted by molar-refractivity contribution is 8.09. The van der Waals surface area contributed by atoms with Crippen LogP contribution in [0.25, 0.3) is 4.91 Å². The van der Waals surface area contributed by atoms with E-state index in [1.807, 2.05) is 6.08 Å². The van der Waals surface area contributed by atoms with E-state index in [4.69, 9.17) is 32.9 Å². The minimum absolute atomic E-state index is 0.0997. The molecule has 7 nitrogen and oxygen atoms in total. The molecule has 0 aliphatic carbocycles. The Kier molecular flexibility index (Phi) is 5.33. The number of rotatable bonds is 4. The second-order valence-electron chi connectivity index (χ2n) is 6.52. The summed E-state index contributed by atoms with van der Waals surface area (Å²) in [5.74, 6) is -0.415. The molecule has 0 saturated carbocycles. The van der Waals surface area contributed by atoms with Crippen LogP contribution in [-0.2, 0) is 11.2 Å². The van der Waals surface area contributed by atoms with E-state index >= 15 is 0 Å². The van der Waals surface area contributed by atoms with E-state index in [9.17, 15) is 4.39 Å². The Balaban J connectivity index is 1.58. The van der Waals surface area contributed by atoms with Gasteiger partial charge in [0.25, 0.3) is 0 Å². The van der Waals surface area contributed by atoms with Crippen LogP contribution in [0, 0.1) is 16.6 Å². The molecule has 3 atom stereocenters. The van der Waals surface area contributed by atoms with Crippen LogP contribution in [0.4, 0.5) is 4.39 Å². The number of benzene rings is 1. The maximum atomic E-state index is 14.1. The van der Waals surface area contributed by atoms with Crippen molar-refractivity contribution in [2.75, 3.05) is 0 Å². The summed E-state index contributed by atoms with van der Waals surface area (Å²) in [6, 6.07) is 4.04. The summed E-state index contributed by atoms with van der Waals surface area (Å²) in [4.78, 5) is 13.7. The third-order valence-electron chi connectivity index (χ3n) is 4.67. The Morgan fingerprint density at radius 2 is 2.21 bits per heavy atom. The van der Waals surface area contributed by atoms with Crippen molar-refractivity contribution in [1.82, 2.24) is 9.97 Å². The SMILES string of the molecule is N=COC(=N)c1cc(F)cc(C2=CC(Cl)C(C3Cc4ncncc4C(N)=N3)S2)c1. The van der Waals surface area contributed by atoms with E-state index in [-0.39, 0.29) is 28.1 Å². The van der Waals surface area contributed by atoms with Crippen molar-refractivity contribution < 1.29 is 9.13 Å². The van der Waals surface area contributed by atoms with E-state index in [0.29, 0.717) is 24.2 Å². The number of hydrogen-bond donors (Lipinski definition) is 3. The molecule has 2 aliphatic heterocycles. The first-order valence-electron chi connectivity index (χ1n) is 8.67. The smallest absolute Gasteiger partial charge is 0.220 e. The van der Waals surface area contributed by atoms with Crippen molar-refractivity contribution in [3.05, 3.63) is 65.0 Å². The summed E-state index contributed by atoms with van der Waals surface area (Å²) in [5, 5.41) is 14.3. The predicted molar refractivity (Wildman–Crippen MR) is 112 cm³/mol. The zero-order valence-electron chi connectivity index (χ0n) is 15.0. The number of nitrogens with one attached hydrogen (secondary N) is 2. The zero-order valence-corrected chi connectivity index (χ0v) is 16.5. The summed E-state index contributed by atoms with van der Waals surface area (Å²) in [6.07, 6.45) is 6.22. The second kappa shape index (κ2) is 7.92. The first-order valence-corrected chi connectivity index (χ1v) is 9.98. The molecule has 2 aliphatic rings. The van der Waals surface area contributed by atoms with Crippen LogP contribution in [0.1, 0.15) is 22.4 Å². The molecule has 0 bridgehead atoms. The molecular formula is C19H16ClFN6OS. The predicted octanol–water partition coefficient (Wildman–Crippen LogP) is 2.96. The molecule has 1 aromatic heterocycles. The van der Waals surface area contributed by atoms with Crippen molar-refractivity contribution in [1.29, 1.82) is 10.8 Å². The lowest BCUT2D eigenvalue weighted by Gasteiger charge is -2.26. The molecular weight excluding hydrogens is 415 g/mol. The van der Waals surface area contributed by atoms with Gasteiger partial charge in [-0.15, -0.1) is 23.4 Å². The lowest BCUT2D eigenvalue weighted by Crippen LogP contribution is -2.36. The van der Waals surface area contributed by atoms with Crippen LogP contribution in [0.3, 0.4) is 0 Å². The molecule has 4 N–H and O–H groups in total. The molecule has 4 rings (SSSR count). The molecule has 3 unspecified atom stereocenters. The van der Waals surface area contributed by atoms with Gasteiger partial charge in [-0.25, -0.2) is 14.4 Å². The van der Waals surface area contributed by atoms with Crippen molar-refractivity contribution in [3.63, 3.8) is 0 Å². The summed E-state index contributed by atoms with van der Waals surface area (Å²) < 4.78 is 18.9. The molecule has 0 spiro atoms. The van der Waals surface area contributed by atoms with E-state index in [1.54, 1.807) is 12.3 Å². The molecule has 3 heterocycles. The van der Waals surface area contributed by atoms with Crippen LogP contribution in [0.2, 0.25) is 0 Å². The van der Waals surface area contributed by atoms with Gasteiger partial charge in [-0.3, -0.25) is 15.8 Å². The highest BCUT2D eigenvalue weighted by atomic mass is 35.5. The number of ether oxygens (including phenoxy) is 1. The number of nitrogens with zero attached hydrogens (tertiary/aromatic N) is 3. The van der Waals surface area contributed by atoms with Crippen LogP contribution < -0.4 is 5.73 Å². The third-order valence-corrected chi connectivity index (χ3v) is 6.72. The lowest BCUT2D eigenvalue weighted by atomic mass is 9.98. The summed E-state index contributed by atoms with van der Waals surface area (Å²) in [6.45, 7) is 0. The number of amidine groups is 1.